The predicted octanol–water partition coefficient (Wildman–Crippen LogP) is 2.32. The fourth-order valence-corrected chi connectivity index (χ4v) is 2.70. The van der Waals surface area contributed by atoms with Gasteiger partial charge in [0.25, 0.3) is 0 Å². The zero-order valence-corrected chi connectivity index (χ0v) is 14.8. The third kappa shape index (κ3) is 7.45. The molecule has 1 atom stereocenters. The lowest BCUT2D eigenvalue weighted by molar-refractivity contribution is -0.121. The predicted molar refractivity (Wildman–Crippen MR) is 94.6 cm³/mol. The van der Waals surface area contributed by atoms with Crippen LogP contribution in [0.15, 0.2) is 22.5 Å². The Kier molecular flexibility index (Phi) is 8.58. The van der Waals surface area contributed by atoms with Crippen molar-refractivity contribution in [1.29, 1.82) is 0 Å². The van der Waals surface area contributed by atoms with E-state index < -0.39 is 0 Å². The van der Waals surface area contributed by atoms with Crippen LogP contribution in [0, 0.1) is 0 Å². The van der Waals surface area contributed by atoms with Gasteiger partial charge in [-0.15, -0.1) is 11.3 Å². The lowest BCUT2D eigenvalue weighted by atomic mass is 10.1. The third-order valence-corrected chi connectivity index (χ3v) is 4.09. The van der Waals surface area contributed by atoms with Gasteiger partial charge in [-0.25, -0.2) is 0 Å². The molecule has 3 N–H and O–H groups in total. The van der Waals surface area contributed by atoms with E-state index in [4.69, 9.17) is 0 Å². The van der Waals surface area contributed by atoms with Crippen molar-refractivity contribution in [3.8, 4) is 0 Å². The van der Waals surface area contributed by atoms with Crippen molar-refractivity contribution in [3.63, 3.8) is 0 Å². The highest BCUT2D eigenvalue weighted by Gasteiger charge is 2.07. The maximum atomic E-state index is 11.6. The van der Waals surface area contributed by atoms with Crippen LogP contribution in [0.2, 0.25) is 0 Å². The molecule has 1 heterocycles. The van der Waals surface area contributed by atoms with Crippen LogP contribution in [0.3, 0.4) is 0 Å². The van der Waals surface area contributed by atoms with Gasteiger partial charge in [0.05, 0.1) is 6.54 Å². The molecule has 5 nitrogen and oxygen atoms in total. The van der Waals surface area contributed by atoms with Crippen molar-refractivity contribution in [2.75, 3.05) is 19.6 Å². The molecule has 0 spiro atoms. The molecule has 0 aliphatic heterocycles. The number of thiophene rings is 1. The second-order valence-corrected chi connectivity index (χ2v) is 6.51. The topological polar surface area (TPSA) is 65.5 Å². The molecular weight excluding hydrogens is 296 g/mol. The van der Waals surface area contributed by atoms with Gasteiger partial charge in [0, 0.05) is 36.3 Å². The van der Waals surface area contributed by atoms with E-state index in [2.05, 4.69) is 45.4 Å². The van der Waals surface area contributed by atoms with Crippen LogP contribution in [0.25, 0.3) is 0 Å². The van der Waals surface area contributed by atoms with Crippen LogP contribution in [0.5, 0.6) is 0 Å². The molecule has 0 saturated heterocycles. The Hall–Kier alpha value is -1.56. The third-order valence-electron chi connectivity index (χ3n) is 2.99. The molecule has 6 heteroatoms. The van der Waals surface area contributed by atoms with Gasteiger partial charge < -0.3 is 16.0 Å². The summed E-state index contributed by atoms with van der Waals surface area (Å²) in [6, 6.07) is 4.39. The van der Waals surface area contributed by atoms with Crippen molar-refractivity contribution in [3.05, 3.63) is 22.4 Å². The number of amides is 1. The molecule has 1 aromatic rings. The molecule has 22 heavy (non-hydrogen) atoms. The molecule has 1 aromatic heterocycles. The average molecular weight is 324 g/mol. The quantitative estimate of drug-likeness (QED) is 0.508. The molecular formula is C16H28N4OS. The maximum Gasteiger partial charge on any atom is 0.221 e. The average Bonchev–Trinajstić information content (AvgIpc) is 2.97. The number of hydrogen-bond donors (Lipinski definition) is 3. The second kappa shape index (κ2) is 10.2. The summed E-state index contributed by atoms with van der Waals surface area (Å²) in [6.45, 7) is 10.2. The Morgan fingerprint density at radius 3 is 2.68 bits per heavy atom. The zero-order chi connectivity index (χ0) is 16.4. The van der Waals surface area contributed by atoms with Crippen molar-refractivity contribution in [1.82, 2.24) is 16.0 Å². The number of nitrogens with one attached hydrogen (secondary N) is 3. The van der Waals surface area contributed by atoms with Gasteiger partial charge in [-0.2, -0.15) is 0 Å². The maximum absolute atomic E-state index is 11.6. The number of guanidine groups is 1. The van der Waals surface area contributed by atoms with Gasteiger partial charge in [0.15, 0.2) is 5.96 Å². The largest absolute Gasteiger partial charge is 0.357 e. The summed E-state index contributed by atoms with van der Waals surface area (Å²) < 4.78 is 0. The number of rotatable bonds is 8. The van der Waals surface area contributed by atoms with Crippen LogP contribution in [0.1, 0.15) is 44.9 Å². The van der Waals surface area contributed by atoms with E-state index in [1.807, 2.05) is 20.8 Å². The molecule has 1 unspecified atom stereocenters. The van der Waals surface area contributed by atoms with Gasteiger partial charge in [0.1, 0.15) is 0 Å². The van der Waals surface area contributed by atoms with Crippen molar-refractivity contribution in [2.45, 2.75) is 46.1 Å². The highest BCUT2D eigenvalue weighted by atomic mass is 32.1. The summed E-state index contributed by atoms with van der Waals surface area (Å²) in [5.41, 5.74) is 0. The number of aliphatic imine (C=N–C) groups is 1. The highest BCUT2D eigenvalue weighted by Crippen LogP contribution is 2.20. The summed E-state index contributed by atoms with van der Waals surface area (Å²) >= 11 is 1.76. The van der Waals surface area contributed by atoms with Gasteiger partial charge in [0.2, 0.25) is 5.91 Å². The Labute approximate surface area is 137 Å². The Morgan fingerprint density at radius 2 is 2.09 bits per heavy atom. The Morgan fingerprint density at radius 1 is 1.32 bits per heavy atom. The fraction of sp³-hybridized carbons (Fsp3) is 0.625. The Bertz CT molecular complexity index is 457. The highest BCUT2D eigenvalue weighted by molar-refractivity contribution is 7.10. The molecule has 124 valence electrons. The van der Waals surface area contributed by atoms with Crippen molar-refractivity contribution < 1.29 is 4.79 Å². The first kappa shape index (κ1) is 18.5. The SMILES string of the molecule is CCNC(=NCC(C)c1cccs1)NCCC(=O)NC(C)C. The van der Waals surface area contributed by atoms with Crippen molar-refractivity contribution in [2.24, 2.45) is 4.99 Å². The standard InChI is InChI=1S/C16H28N4OS/c1-5-17-16(18-9-8-15(21)20-12(2)3)19-11-13(4)14-7-6-10-22-14/h6-7,10,12-13H,5,8-9,11H2,1-4H3,(H,20,21)(H2,17,18,19). The summed E-state index contributed by atoms with van der Waals surface area (Å²) in [5.74, 6) is 1.23. The number of hydrogen-bond acceptors (Lipinski definition) is 3. The minimum Gasteiger partial charge on any atom is -0.357 e. The molecule has 1 amide bonds. The summed E-state index contributed by atoms with van der Waals surface area (Å²) in [4.78, 5) is 17.5. The van der Waals surface area contributed by atoms with E-state index in [-0.39, 0.29) is 11.9 Å². The van der Waals surface area contributed by atoms with Crippen molar-refractivity contribution >= 4 is 23.2 Å². The molecule has 0 aliphatic rings. The molecule has 0 aliphatic carbocycles. The van der Waals surface area contributed by atoms with Crippen LogP contribution in [-0.4, -0.2) is 37.5 Å². The van der Waals surface area contributed by atoms with Crippen LogP contribution in [0.4, 0.5) is 0 Å². The molecule has 0 aromatic carbocycles. The molecule has 0 bridgehead atoms. The molecule has 0 fully saturated rings. The van der Waals surface area contributed by atoms with Crippen LogP contribution in [-0.2, 0) is 4.79 Å². The summed E-state index contributed by atoms with van der Waals surface area (Å²) in [5, 5.41) is 11.4. The molecule has 0 saturated carbocycles. The number of nitrogens with zero attached hydrogens (tertiary/aromatic N) is 1. The second-order valence-electron chi connectivity index (χ2n) is 5.54. The number of carbonyl (C=O) groups excluding carboxylic acids is 1. The van der Waals surface area contributed by atoms with Gasteiger partial charge in [-0.3, -0.25) is 9.79 Å². The normalized spacial score (nSPS) is 13.0. The van der Waals surface area contributed by atoms with E-state index in [1.54, 1.807) is 11.3 Å². The van der Waals surface area contributed by atoms with E-state index in [9.17, 15) is 4.79 Å². The fourth-order valence-electron chi connectivity index (χ4n) is 1.92. The first-order valence-corrected chi connectivity index (χ1v) is 8.75. The summed E-state index contributed by atoms with van der Waals surface area (Å²) in [7, 11) is 0. The first-order chi connectivity index (χ1) is 10.5. The molecule has 1 rings (SSSR count). The first-order valence-electron chi connectivity index (χ1n) is 7.87. The van der Waals surface area contributed by atoms with Gasteiger partial charge in [-0.05, 0) is 32.2 Å². The van der Waals surface area contributed by atoms with E-state index in [1.165, 1.54) is 4.88 Å². The van der Waals surface area contributed by atoms with Crippen LogP contribution >= 0.6 is 11.3 Å². The minimum absolute atomic E-state index is 0.0605. The smallest absolute Gasteiger partial charge is 0.221 e. The summed E-state index contributed by atoms with van der Waals surface area (Å²) in [6.07, 6.45) is 0.447. The lowest BCUT2D eigenvalue weighted by Crippen LogP contribution is -2.40. The van der Waals surface area contributed by atoms with E-state index in [0.29, 0.717) is 18.9 Å². The van der Waals surface area contributed by atoms with Gasteiger partial charge >= 0.3 is 0 Å². The zero-order valence-electron chi connectivity index (χ0n) is 14.0. The minimum atomic E-state index is 0.0605. The van der Waals surface area contributed by atoms with E-state index >= 15 is 0 Å². The monoisotopic (exact) mass is 324 g/mol. The van der Waals surface area contributed by atoms with E-state index in [0.717, 1.165) is 19.0 Å². The molecule has 0 radical (unpaired) electrons. The van der Waals surface area contributed by atoms with Gasteiger partial charge in [-0.1, -0.05) is 13.0 Å². The number of carbonyl (C=O) groups is 1. The Balaban J connectivity index is 2.40. The van der Waals surface area contributed by atoms with Crippen LogP contribution < -0.4 is 16.0 Å². The lowest BCUT2D eigenvalue weighted by Gasteiger charge is -2.13.